The molecule has 21 heavy (non-hydrogen) atoms. The van der Waals surface area contributed by atoms with Crippen LogP contribution in [0.25, 0.3) is 11.0 Å². The summed E-state index contributed by atoms with van der Waals surface area (Å²) in [7, 11) is 0. The zero-order valence-electron chi connectivity index (χ0n) is 11.1. The van der Waals surface area contributed by atoms with Crippen molar-refractivity contribution in [2.75, 3.05) is 0 Å². The lowest BCUT2D eigenvalue weighted by Gasteiger charge is -2.16. The standard InChI is InChI=1S/C16H14BrFN2O/c17-14-6-5-11(18)7-10(14)8-15(20-19)13-9-21-16-4-2-1-3-12(13)16/h1-7,9,15,20H,8,19H2. The van der Waals surface area contributed by atoms with Crippen LogP contribution in [0.15, 0.2) is 57.6 Å². The van der Waals surface area contributed by atoms with Gasteiger partial charge in [0.25, 0.3) is 0 Å². The number of halogens is 2. The molecule has 1 unspecified atom stereocenters. The first-order valence-electron chi connectivity index (χ1n) is 6.55. The van der Waals surface area contributed by atoms with Crippen LogP contribution in [0, 0.1) is 5.82 Å². The van der Waals surface area contributed by atoms with Crippen molar-refractivity contribution >= 4 is 26.9 Å². The smallest absolute Gasteiger partial charge is 0.134 e. The van der Waals surface area contributed by atoms with E-state index in [0.717, 1.165) is 26.6 Å². The SMILES string of the molecule is NNC(Cc1cc(F)ccc1Br)c1coc2ccccc12. The quantitative estimate of drug-likeness (QED) is 0.551. The summed E-state index contributed by atoms with van der Waals surface area (Å²) in [5.41, 5.74) is 5.41. The van der Waals surface area contributed by atoms with E-state index in [0.29, 0.717) is 6.42 Å². The van der Waals surface area contributed by atoms with Crippen molar-refractivity contribution in [1.82, 2.24) is 5.43 Å². The van der Waals surface area contributed by atoms with Gasteiger partial charge in [-0.05, 0) is 36.2 Å². The Morgan fingerprint density at radius 2 is 2.05 bits per heavy atom. The van der Waals surface area contributed by atoms with Gasteiger partial charge < -0.3 is 4.42 Å². The topological polar surface area (TPSA) is 51.2 Å². The normalized spacial score (nSPS) is 12.7. The van der Waals surface area contributed by atoms with Gasteiger partial charge in [-0.1, -0.05) is 34.1 Å². The Morgan fingerprint density at radius 3 is 2.86 bits per heavy atom. The van der Waals surface area contributed by atoms with Crippen molar-refractivity contribution in [1.29, 1.82) is 0 Å². The fraction of sp³-hybridized carbons (Fsp3) is 0.125. The third-order valence-corrected chi connectivity index (χ3v) is 4.29. The molecule has 3 N–H and O–H groups in total. The van der Waals surface area contributed by atoms with Crippen LogP contribution in [0.5, 0.6) is 0 Å². The van der Waals surface area contributed by atoms with Gasteiger partial charge >= 0.3 is 0 Å². The number of benzene rings is 2. The van der Waals surface area contributed by atoms with E-state index < -0.39 is 0 Å². The highest BCUT2D eigenvalue weighted by molar-refractivity contribution is 9.10. The number of fused-ring (bicyclic) bond motifs is 1. The Kier molecular flexibility index (Phi) is 4.05. The number of furan rings is 1. The average molecular weight is 349 g/mol. The molecule has 0 amide bonds. The molecular weight excluding hydrogens is 335 g/mol. The number of hydrogen-bond acceptors (Lipinski definition) is 3. The summed E-state index contributed by atoms with van der Waals surface area (Å²) in [5, 5.41) is 1.01. The summed E-state index contributed by atoms with van der Waals surface area (Å²) in [6.07, 6.45) is 2.25. The molecule has 2 aromatic carbocycles. The maximum atomic E-state index is 13.4. The molecule has 0 radical (unpaired) electrons. The summed E-state index contributed by atoms with van der Waals surface area (Å²) in [4.78, 5) is 0. The fourth-order valence-electron chi connectivity index (χ4n) is 2.45. The fourth-order valence-corrected chi connectivity index (χ4v) is 2.85. The molecule has 0 saturated heterocycles. The highest BCUT2D eigenvalue weighted by atomic mass is 79.9. The van der Waals surface area contributed by atoms with Gasteiger partial charge in [0.05, 0.1) is 12.3 Å². The molecule has 0 bridgehead atoms. The first-order valence-corrected chi connectivity index (χ1v) is 7.34. The van der Waals surface area contributed by atoms with Crippen LogP contribution in [-0.2, 0) is 6.42 Å². The van der Waals surface area contributed by atoms with Crippen LogP contribution in [0.1, 0.15) is 17.2 Å². The van der Waals surface area contributed by atoms with E-state index in [2.05, 4.69) is 21.4 Å². The Bertz CT molecular complexity index is 772. The molecule has 5 heteroatoms. The van der Waals surface area contributed by atoms with E-state index in [1.54, 1.807) is 12.3 Å². The molecule has 1 aromatic heterocycles. The molecule has 1 atom stereocenters. The second-order valence-electron chi connectivity index (χ2n) is 4.85. The van der Waals surface area contributed by atoms with Gasteiger partial charge in [0.15, 0.2) is 0 Å². The zero-order chi connectivity index (χ0) is 14.8. The summed E-state index contributed by atoms with van der Waals surface area (Å²) < 4.78 is 19.8. The maximum absolute atomic E-state index is 13.4. The van der Waals surface area contributed by atoms with E-state index in [-0.39, 0.29) is 11.9 Å². The molecular formula is C16H14BrFN2O. The molecule has 0 fully saturated rings. The van der Waals surface area contributed by atoms with Crippen LogP contribution in [0.4, 0.5) is 4.39 Å². The first-order chi connectivity index (χ1) is 10.2. The van der Waals surface area contributed by atoms with Crippen molar-refractivity contribution in [3.8, 4) is 0 Å². The predicted octanol–water partition coefficient (Wildman–Crippen LogP) is 4.08. The van der Waals surface area contributed by atoms with Crippen LogP contribution in [0.2, 0.25) is 0 Å². The number of rotatable bonds is 4. The van der Waals surface area contributed by atoms with Crippen molar-refractivity contribution in [2.45, 2.75) is 12.5 Å². The summed E-state index contributed by atoms with van der Waals surface area (Å²) in [6, 6.07) is 12.2. The average Bonchev–Trinajstić information content (AvgIpc) is 2.92. The number of para-hydroxylation sites is 1. The third-order valence-electron chi connectivity index (χ3n) is 3.52. The van der Waals surface area contributed by atoms with E-state index in [1.165, 1.54) is 12.1 Å². The number of hydrazine groups is 1. The van der Waals surface area contributed by atoms with Crippen molar-refractivity contribution < 1.29 is 8.81 Å². The monoisotopic (exact) mass is 348 g/mol. The van der Waals surface area contributed by atoms with Crippen molar-refractivity contribution in [3.05, 3.63) is 70.1 Å². The molecule has 0 aliphatic carbocycles. The molecule has 0 saturated carbocycles. The third kappa shape index (κ3) is 2.85. The van der Waals surface area contributed by atoms with Crippen molar-refractivity contribution in [2.24, 2.45) is 5.84 Å². The van der Waals surface area contributed by atoms with Crippen LogP contribution in [-0.4, -0.2) is 0 Å². The molecule has 3 rings (SSSR count). The molecule has 1 heterocycles. The predicted molar refractivity (Wildman–Crippen MR) is 84.1 cm³/mol. The van der Waals surface area contributed by atoms with Gasteiger partial charge in [0.1, 0.15) is 11.4 Å². The van der Waals surface area contributed by atoms with E-state index in [1.807, 2.05) is 24.3 Å². The van der Waals surface area contributed by atoms with Gasteiger partial charge in [-0.15, -0.1) is 0 Å². The summed E-state index contributed by atoms with van der Waals surface area (Å²) in [5.74, 6) is 5.43. The van der Waals surface area contributed by atoms with Gasteiger partial charge in [0.2, 0.25) is 0 Å². The number of hydrogen-bond donors (Lipinski definition) is 2. The van der Waals surface area contributed by atoms with E-state index in [9.17, 15) is 4.39 Å². The van der Waals surface area contributed by atoms with Gasteiger partial charge in [-0.2, -0.15) is 0 Å². The zero-order valence-corrected chi connectivity index (χ0v) is 12.7. The molecule has 0 spiro atoms. The molecule has 0 aliphatic heterocycles. The van der Waals surface area contributed by atoms with Gasteiger partial charge in [-0.25, -0.2) is 4.39 Å². The van der Waals surface area contributed by atoms with E-state index in [4.69, 9.17) is 10.3 Å². The number of nitrogens with one attached hydrogen (secondary N) is 1. The van der Waals surface area contributed by atoms with Crippen LogP contribution >= 0.6 is 15.9 Å². The molecule has 0 aliphatic rings. The second kappa shape index (κ2) is 5.97. The van der Waals surface area contributed by atoms with Gasteiger partial charge in [-0.3, -0.25) is 11.3 Å². The lowest BCUT2D eigenvalue weighted by atomic mass is 9.99. The lowest BCUT2D eigenvalue weighted by molar-refractivity contribution is 0.534. The molecule has 108 valence electrons. The minimum atomic E-state index is -0.263. The van der Waals surface area contributed by atoms with Crippen LogP contribution in [0.3, 0.4) is 0 Å². The van der Waals surface area contributed by atoms with Crippen LogP contribution < -0.4 is 11.3 Å². The highest BCUT2D eigenvalue weighted by Gasteiger charge is 2.17. The summed E-state index contributed by atoms with van der Waals surface area (Å²) >= 11 is 3.44. The van der Waals surface area contributed by atoms with Crippen molar-refractivity contribution in [3.63, 3.8) is 0 Å². The molecule has 3 aromatic rings. The minimum Gasteiger partial charge on any atom is -0.464 e. The maximum Gasteiger partial charge on any atom is 0.134 e. The Balaban J connectivity index is 1.97. The second-order valence-corrected chi connectivity index (χ2v) is 5.70. The number of nitrogens with two attached hydrogens (primary N) is 1. The first kappa shape index (κ1) is 14.3. The highest BCUT2D eigenvalue weighted by Crippen LogP contribution is 2.30. The summed E-state index contributed by atoms with van der Waals surface area (Å²) in [6.45, 7) is 0. The lowest BCUT2D eigenvalue weighted by Crippen LogP contribution is -2.29. The Hall–Kier alpha value is -1.69. The van der Waals surface area contributed by atoms with Gasteiger partial charge in [0, 0.05) is 15.4 Å². The Morgan fingerprint density at radius 1 is 1.24 bits per heavy atom. The van der Waals surface area contributed by atoms with E-state index >= 15 is 0 Å². The minimum absolute atomic E-state index is 0.160. The largest absolute Gasteiger partial charge is 0.464 e. The molecule has 3 nitrogen and oxygen atoms in total. The Labute approximate surface area is 130 Å².